The van der Waals surface area contributed by atoms with Crippen molar-refractivity contribution in [1.82, 2.24) is 0 Å². The first-order valence-corrected chi connectivity index (χ1v) is 7.92. The SMILES string of the molecule is O=S1(=O)OC2C(OCBr)C3CC1C2S3. The fourth-order valence-corrected chi connectivity index (χ4v) is 6.97. The number of alkyl halides is 1. The van der Waals surface area contributed by atoms with E-state index >= 15 is 0 Å². The first-order chi connectivity index (χ1) is 6.63. The van der Waals surface area contributed by atoms with Gasteiger partial charge in [0.15, 0.2) is 0 Å². The Morgan fingerprint density at radius 1 is 1.57 bits per heavy atom. The highest BCUT2D eigenvalue weighted by atomic mass is 79.9. The van der Waals surface area contributed by atoms with Crippen LogP contribution in [-0.2, 0) is 19.0 Å². The van der Waals surface area contributed by atoms with Gasteiger partial charge in [-0.1, -0.05) is 15.9 Å². The van der Waals surface area contributed by atoms with Crippen LogP contribution in [-0.4, -0.2) is 41.9 Å². The molecule has 0 aliphatic carbocycles. The van der Waals surface area contributed by atoms with Gasteiger partial charge in [-0.3, -0.25) is 4.18 Å². The van der Waals surface area contributed by atoms with Gasteiger partial charge in [-0.15, -0.1) is 11.8 Å². The number of rotatable bonds is 2. The summed E-state index contributed by atoms with van der Waals surface area (Å²) in [5.41, 5.74) is 0.437. The maximum Gasteiger partial charge on any atom is 0.271 e. The molecule has 5 atom stereocenters. The van der Waals surface area contributed by atoms with Crippen LogP contribution in [0.25, 0.3) is 0 Å². The summed E-state index contributed by atoms with van der Waals surface area (Å²) in [5.74, 6) is 0. The zero-order valence-corrected chi connectivity index (χ0v) is 10.3. The predicted molar refractivity (Wildman–Crippen MR) is 56.0 cm³/mol. The topological polar surface area (TPSA) is 52.6 Å². The van der Waals surface area contributed by atoms with E-state index in [9.17, 15) is 8.42 Å². The van der Waals surface area contributed by atoms with Gasteiger partial charge in [-0.25, -0.2) is 0 Å². The van der Waals surface area contributed by atoms with Gasteiger partial charge in [0.1, 0.15) is 16.9 Å². The van der Waals surface area contributed by atoms with E-state index in [1.54, 1.807) is 11.8 Å². The average Bonchev–Trinajstić information content (AvgIpc) is 2.68. The maximum atomic E-state index is 11.5. The highest BCUT2D eigenvalue weighted by Gasteiger charge is 2.65. The highest BCUT2D eigenvalue weighted by Crippen LogP contribution is 2.55. The summed E-state index contributed by atoms with van der Waals surface area (Å²) in [6.45, 7) is 0. The zero-order chi connectivity index (χ0) is 9.92. The Hall–Kier alpha value is 0.700. The van der Waals surface area contributed by atoms with Crippen LogP contribution in [0.4, 0.5) is 0 Å². The van der Waals surface area contributed by atoms with Crippen molar-refractivity contribution >= 4 is 37.8 Å². The molecule has 0 amide bonds. The van der Waals surface area contributed by atoms with Crippen molar-refractivity contribution in [2.24, 2.45) is 0 Å². The van der Waals surface area contributed by atoms with E-state index in [4.69, 9.17) is 8.92 Å². The highest BCUT2D eigenvalue weighted by molar-refractivity contribution is 9.09. The van der Waals surface area contributed by atoms with Crippen LogP contribution in [0, 0.1) is 0 Å². The lowest BCUT2D eigenvalue weighted by Gasteiger charge is -2.22. The minimum absolute atomic E-state index is 0.0575. The average molecular weight is 301 g/mol. The molecule has 4 nitrogen and oxygen atoms in total. The number of hydrogen-bond acceptors (Lipinski definition) is 5. The number of hydrogen-bond donors (Lipinski definition) is 0. The molecule has 0 saturated carbocycles. The third-order valence-corrected chi connectivity index (χ3v) is 6.92. The summed E-state index contributed by atoms with van der Waals surface area (Å²) in [7, 11) is -3.30. The Bertz CT molecular complexity index is 357. The number of ether oxygens (including phenoxy) is 1. The lowest BCUT2D eigenvalue weighted by Crippen LogP contribution is -2.40. The van der Waals surface area contributed by atoms with E-state index in [1.165, 1.54) is 0 Å². The second-order valence-electron chi connectivity index (χ2n) is 3.71. The van der Waals surface area contributed by atoms with Crippen LogP contribution in [0.5, 0.6) is 0 Å². The molecule has 0 spiro atoms. The molecule has 7 heteroatoms. The third-order valence-electron chi connectivity index (χ3n) is 3.05. The molecule has 3 rings (SSSR count). The smallest absolute Gasteiger partial charge is 0.271 e. The van der Waals surface area contributed by atoms with Crippen LogP contribution in [0.2, 0.25) is 0 Å². The van der Waals surface area contributed by atoms with E-state index in [2.05, 4.69) is 15.9 Å². The minimum atomic E-state index is -3.30. The lowest BCUT2D eigenvalue weighted by atomic mass is 9.94. The van der Waals surface area contributed by atoms with E-state index in [0.29, 0.717) is 17.2 Å². The molecule has 3 saturated heterocycles. The lowest BCUT2D eigenvalue weighted by molar-refractivity contribution is 0.00902. The van der Waals surface area contributed by atoms with Crippen LogP contribution in [0.3, 0.4) is 0 Å². The molecule has 3 aliphatic heterocycles. The quantitative estimate of drug-likeness (QED) is 0.555. The van der Waals surface area contributed by atoms with E-state index in [1.807, 2.05) is 0 Å². The molecule has 3 heterocycles. The molecule has 0 aromatic carbocycles. The van der Waals surface area contributed by atoms with Crippen molar-refractivity contribution in [2.75, 3.05) is 5.52 Å². The normalized spacial score (nSPS) is 52.8. The van der Waals surface area contributed by atoms with Gasteiger partial charge in [0, 0.05) is 5.25 Å². The van der Waals surface area contributed by atoms with E-state index in [0.717, 1.165) is 0 Å². The summed E-state index contributed by atoms with van der Waals surface area (Å²) in [4.78, 5) is 0. The van der Waals surface area contributed by atoms with Crippen molar-refractivity contribution in [1.29, 1.82) is 0 Å². The molecule has 80 valence electrons. The van der Waals surface area contributed by atoms with Gasteiger partial charge < -0.3 is 4.74 Å². The number of thioether (sulfide) groups is 1. The monoisotopic (exact) mass is 300 g/mol. The molecule has 2 bridgehead atoms. The molecule has 14 heavy (non-hydrogen) atoms. The third kappa shape index (κ3) is 1.16. The number of fused-ring (bicyclic) bond motifs is 1. The van der Waals surface area contributed by atoms with Gasteiger partial charge in [0.25, 0.3) is 10.1 Å². The Morgan fingerprint density at radius 2 is 2.36 bits per heavy atom. The summed E-state index contributed by atoms with van der Waals surface area (Å²) < 4.78 is 33.6. The van der Waals surface area contributed by atoms with Gasteiger partial charge in [-0.05, 0) is 6.42 Å². The fourth-order valence-electron chi connectivity index (χ4n) is 2.50. The Morgan fingerprint density at radius 3 is 3.07 bits per heavy atom. The van der Waals surface area contributed by atoms with Crippen molar-refractivity contribution in [3.05, 3.63) is 0 Å². The van der Waals surface area contributed by atoms with E-state index < -0.39 is 10.1 Å². The van der Waals surface area contributed by atoms with Gasteiger partial charge in [0.2, 0.25) is 0 Å². The summed E-state index contributed by atoms with van der Waals surface area (Å²) in [6.07, 6.45) is 0.385. The largest absolute Gasteiger partial charge is 0.363 e. The second kappa shape index (κ2) is 3.10. The van der Waals surface area contributed by atoms with Crippen molar-refractivity contribution < 1.29 is 17.3 Å². The predicted octanol–water partition coefficient (Wildman–Crippen LogP) is 0.709. The van der Waals surface area contributed by atoms with E-state index in [-0.39, 0.29) is 22.7 Å². The Balaban J connectivity index is 1.93. The van der Waals surface area contributed by atoms with Crippen LogP contribution in [0.15, 0.2) is 0 Å². The molecule has 0 aromatic heterocycles. The van der Waals surface area contributed by atoms with Crippen LogP contribution >= 0.6 is 27.7 Å². The molecular weight excluding hydrogens is 292 g/mol. The van der Waals surface area contributed by atoms with Crippen LogP contribution < -0.4 is 0 Å². The molecular formula is C7H9BrO4S2. The minimum Gasteiger partial charge on any atom is -0.363 e. The zero-order valence-electron chi connectivity index (χ0n) is 7.13. The molecule has 0 N–H and O–H groups in total. The Kier molecular flexibility index (Phi) is 2.19. The summed E-state index contributed by atoms with van der Waals surface area (Å²) in [5, 5.41) is 0.122. The maximum absolute atomic E-state index is 11.5. The Labute approximate surface area is 95.0 Å². The first kappa shape index (κ1) is 9.89. The van der Waals surface area contributed by atoms with Gasteiger partial charge >= 0.3 is 0 Å². The van der Waals surface area contributed by atoms with Crippen LogP contribution in [0.1, 0.15) is 6.42 Å². The molecule has 5 unspecified atom stereocenters. The number of halogens is 1. The van der Waals surface area contributed by atoms with Crippen molar-refractivity contribution in [3.63, 3.8) is 0 Å². The molecule has 3 aliphatic rings. The van der Waals surface area contributed by atoms with Gasteiger partial charge in [-0.2, -0.15) is 8.42 Å². The first-order valence-electron chi connectivity index (χ1n) is 4.38. The fraction of sp³-hybridized carbons (Fsp3) is 1.00. The molecule has 0 aromatic rings. The molecule has 0 radical (unpaired) electrons. The van der Waals surface area contributed by atoms with Crippen molar-refractivity contribution in [3.8, 4) is 0 Å². The summed E-state index contributed by atoms with van der Waals surface area (Å²) in [6, 6.07) is 0. The van der Waals surface area contributed by atoms with Crippen molar-refractivity contribution in [2.45, 2.75) is 34.4 Å². The summed E-state index contributed by atoms with van der Waals surface area (Å²) >= 11 is 4.90. The molecule has 3 fully saturated rings. The van der Waals surface area contributed by atoms with Gasteiger partial charge in [0.05, 0.1) is 11.4 Å². The second-order valence-corrected chi connectivity index (χ2v) is 7.37. The standard InChI is InChI=1S/C7H9BrO4S2/c8-2-11-5-3-1-4-7(13-3)6(5)12-14(4,9)10/h3-7H,1-2H2.